The standard InChI is InChI=1S/C22H29BrN2O2/c1-14-7-8-17(24(6)12-14)11-16-13-25(21(26)27-22(3,4)5)19-10-15(2)9-18(23)20(16)19/h7-10,13-14,17H,11-12H2,1-6H3/t14-,17-/m0/s1. The van der Waals surface area contributed by atoms with Crippen molar-refractivity contribution in [3.05, 3.63) is 46.1 Å². The van der Waals surface area contributed by atoms with Crippen molar-refractivity contribution in [1.82, 2.24) is 9.47 Å². The molecule has 1 aromatic heterocycles. The molecule has 0 spiro atoms. The summed E-state index contributed by atoms with van der Waals surface area (Å²) in [5.41, 5.74) is 2.62. The topological polar surface area (TPSA) is 34.5 Å². The first kappa shape index (κ1) is 20.2. The van der Waals surface area contributed by atoms with Gasteiger partial charge in [-0.25, -0.2) is 4.79 Å². The minimum atomic E-state index is -0.530. The van der Waals surface area contributed by atoms with Crippen LogP contribution in [-0.2, 0) is 11.2 Å². The van der Waals surface area contributed by atoms with E-state index in [0.717, 1.165) is 39.5 Å². The number of ether oxygens (including phenoxy) is 1. The van der Waals surface area contributed by atoms with Crippen LogP contribution in [0, 0.1) is 12.8 Å². The normalized spacial score (nSPS) is 21.0. The van der Waals surface area contributed by atoms with Gasteiger partial charge in [0, 0.05) is 28.6 Å². The van der Waals surface area contributed by atoms with E-state index in [2.05, 4.69) is 59.1 Å². The molecule has 4 nitrogen and oxygen atoms in total. The number of carbonyl (C=O) groups excluding carboxylic acids is 1. The lowest BCUT2D eigenvalue weighted by atomic mass is 9.97. The number of aromatic nitrogens is 1. The number of aryl methyl sites for hydroxylation is 1. The fourth-order valence-electron chi connectivity index (χ4n) is 3.70. The summed E-state index contributed by atoms with van der Waals surface area (Å²) in [4.78, 5) is 15.2. The second-order valence-corrected chi connectivity index (χ2v) is 9.57. The summed E-state index contributed by atoms with van der Waals surface area (Å²) in [6.07, 6.45) is 7.04. The van der Waals surface area contributed by atoms with Crippen molar-refractivity contribution in [2.75, 3.05) is 13.6 Å². The molecule has 0 saturated heterocycles. The van der Waals surface area contributed by atoms with Crippen LogP contribution in [0.4, 0.5) is 4.79 Å². The molecular weight excluding hydrogens is 404 g/mol. The SMILES string of the molecule is Cc1cc(Br)c2c(C[C@@H]3C=C[C@H](C)CN3C)cn(C(=O)OC(C)(C)C)c2c1. The zero-order valence-electron chi connectivity index (χ0n) is 17.0. The Bertz CT molecular complexity index is 892. The number of hydrogen-bond acceptors (Lipinski definition) is 3. The predicted octanol–water partition coefficient (Wildman–Crippen LogP) is 5.54. The van der Waals surface area contributed by atoms with Crippen LogP contribution in [0.25, 0.3) is 10.9 Å². The van der Waals surface area contributed by atoms with Crippen molar-refractivity contribution in [2.45, 2.75) is 52.7 Å². The van der Waals surface area contributed by atoms with Gasteiger partial charge >= 0.3 is 6.09 Å². The van der Waals surface area contributed by atoms with Crippen molar-refractivity contribution in [1.29, 1.82) is 0 Å². The molecular formula is C22H29BrN2O2. The van der Waals surface area contributed by atoms with Gasteiger partial charge in [-0.15, -0.1) is 0 Å². The van der Waals surface area contributed by atoms with Gasteiger partial charge in [0.1, 0.15) is 5.60 Å². The van der Waals surface area contributed by atoms with E-state index in [1.54, 1.807) is 4.57 Å². The van der Waals surface area contributed by atoms with Crippen LogP contribution >= 0.6 is 15.9 Å². The van der Waals surface area contributed by atoms with Gasteiger partial charge in [-0.05, 0) is 70.3 Å². The van der Waals surface area contributed by atoms with Gasteiger partial charge in [0.2, 0.25) is 0 Å². The lowest BCUT2D eigenvalue weighted by molar-refractivity contribution is 0.0544. The number of carbonyl (C=O) groups is 1. The maximum atomic E-state index is 12.8. The van der Waals surface area contributed by atoms with Crippen LogP contribution in [0.15, 0.2) is 35.0 Å². The molecule has 0 aliphatic carbocycles. The van der Waals surface area contributed by atoms with Gasteiger partial charge in [0.15, 0.2) is 0 Å². The monoisotopic (exact) mass is 432 g/mol. The van der Waals surface area contributed by atoms with Crippen molar-refractivity contribution in [2.24, 2.45) is 5.92 Å². The Hall–Kier alpha value is -1.59. The molecule has 0 N–H and O–H groups in total. The Balaban J connectivity index is 2.05. The summed E-state index contributed by atoms with van der Waals surface area (Å²) < 4.78 is 8.31. The second kappa shape index (κ2) is 7.44. The second-order valence-electron chi connectivity index (χ2n) is 8.72. The number of rotatable bonds is 2. The predicted molar refractivity (Wildman–Crippen MR) is 114 cm³/mol. The minimum absolute atomic E-state index is 0.326. The average Bonchev–Trinajstić information content (AvgIpc) is 2.87. The fourth-order valence-corrected chi connectivity index (χ4v) is 4.52. The van der Waals surface area contributed by atoms with Crippen molar-refractivity contribution in [3.63, 3.8) is 0 Å². The molecule has 27 heavy (non-hydrogen) atoms. The maximum absolute atomic E-state index is 12.8. The maximum Gasteiger partial charge on any atom is 0.419 e. The Morgan fingerprint density at radius 1 is 1.30 bits per heavy atom. The van der Waals surface area contributed by atoms with Crippen LogP contribution in [0.2, 0.25) is 0 Å². The van der Waals surface area contributed by atoms with Crippen LogP contribution in [-0.4, -0.2) is 40.8 Å². The highest BCUT2D eigenvalue weighted by molar-refractivity contribution is 9.10. The third-order valence-electron chi connectivity index (χ3n) is 4.90. The number of hydrogen-bond donors (Lipinski definition) is 0. The van der Waals surface area contributed by atoms with E-state index in [9.17, 15) is 4.79 Å². The van der Waals surface area contributed by atoms with E-state index in [0.29, 0.717) is 12.0 Å². The highest BCUT2D eigenvalue weighted by atomic mass is 79.9. The molecule has 3 rings (SSSR count). The lowest BCUT2D eigenvalue weighted by Crippen LogP contribution is -2.37. The lowest BCUT2D eigenvalue weighted by Gasteiger charge is -2.31. The Kier molecular flexibility index (Phi) is 5.55. The molecule has 1 aliphatic heterocycles. The number of halogens is 1. The average molecular weight is 433 g/mol. The zero-order chi connectivity index (χ0) is 19.9. The van der Waals surface area contributed by atoms with Gasteiger partial charge in [0.25, 0.3) is 0 Å². The van der Waals surface area contributed by atoms with Crippen molar-refractivity contribution >= 4 is 32.9 Å². The Morgan fingerprint density at radius 3 is 2.63 bits per heavy atom. The van der Waals surface area contributed by atoms with E-state index in [-0.39, 0.29) is 6.09 Å². The molecule has 0 radical (unpaired) electrons. The summed E-state index contributed by atoms with van der Waals surface area (Å²) in [5.74, 6) is 0.573. The van der Waals surface area contributed by atoms with Crippen LogP contribution in [0.1, 0.15) is 38.8 Å². The van der Waals surface area contributed by atoms with Crippen LogP contribution < -0.4 is 0 Å². The van der Waals surface area contributed by atoms with Gasteiger partial charge in [-0.2, -0.15) is 0 Å². The van der Waals surface area contributed by atoms with Crippen LogP contribution in [0.5, 0.6) is 0 Å². The van der Waals surface area contributed by atoms with Gasteiger partial charge in [0.05, 0.1) is 5.52 Å². The summed E-state index contributed by atoms with van der Waals surface area (Å²) in [7, 11) is 2.16. The molecule has 0 bridgehead atoms. The number of likely N-dealkylation sites (N-methyl/N-ethyl adjacent to an activating group) is 1. The summed E-state index contributed by atoms with van der Waals surface area (Å²) in [6, 6.07) is 4.48. The Labute approximate surface area is 170 Å². The molecule has 0 fully saturated rings. The first-order chi connectivity index (χ1) is 12.5. The first-order valence-corrected chi connectivity index (χ1v) is 10.3. The van der Waals surface area contributed by atoms with E-state index >= 15 is 0 Å². The van der Waals surface area contributed by atoms with Crippen LogP contribution in [0.3, 0.4) is 0 Å². The molecule has 146 valence electrons. The first-order valence-electron chi connectivity index (χ1n) is 9.47. The molecule has 0 saturated carbocycles. The quantitative estimate of drug-likeness (QED) is 0.583. The number of nitrogens with zero attached hydrogens (tertiary/aromatic N) is 2. The molecule has 2 atom stereocenters. The molecule has 2 heterocycles. The third kappa shape index (κ3) is 4.46. The smallest absolute Gasteiger partial charge is 0.419 e. The van der Waals surface area contributed by atoms with E-state index < -0.39 is 5.60 Å². The van der Waals surface area contributed by atoms with E-state index in [4.69, 9.17) is 4.74 Å². The minimum Gasteiger partial charge on any atom is -0.443 e. The van der Waals surface area contributed by atoms with Crippen molar-refractivity contribution in [3.8, 4) is 0 Å². The highest BCUT2D eigenvalue weighted by Crippen LogP contribution is 2.33. The molecule has 0 unspecified atom stereocenters. The largest absolute Gasteiger partial charge is 0.443 e. The fraction of sp³-hybridized carbons (Fsp3) is 0.500. The molecule has 1 aromatic carbocycles. The molecule has 0 amide bonds. The van der Waals surface area contributed by atoms with Gasteiger partial charge in [-0.3, -0.25) is 9.47 Å². The van der Waals surface area contributed by atoms with Gasteiger partial charge in [-0.1, -0.05) is 35.0 Å². The summed E-state index contributed by atoms with van der Waals surface area (Å²) >= 11 is 3.71. The summed E-state index contributed by atoms with van der Waals surface area (Å²) in [5, 5.41) is 1.09. The van der Waals surface area contributed by atoms with E-state index in [1.165, 1.54) is 0 Å². The molecule has 2 aromatic rings. The Morgan fingerprint density at radius 2 is 2.00 bits per heavy atom. The number of benzene rings is 1. The summed E-state index contributed by atoms with van der Waals surface area (Å²) in [6.45, 7) is 11.0. The third-order valence-corrected chi connectivity index (χ3v) is 5.53. The van der Waals surface area contributed by atoms with Crippen molar-refractivity contribution < 1.29 is 9.53 Å². The molecule has 1 aliphatic rings. The van der Waals surface area contributed by atoms with E-state index in [1.807, 2.05) is 33.9 Å². The zero-order valence-corrected chi connectivity index (χ0v) is 18.6. The van der Waals surface area contributed by atoms with Gasteiger partial charge < -0.3 is 4.74 Å². The highest BCUT2D eigenvalue weighted by Gasteiger charge is 2.25. The number of fused-ring (bicyclic) bond motifs is 1. The molecule has 5 heteroatoms.